The molecule has 1 heterocycles. The quantitative estimate of drug-likeness (QED) is 0.801. The molecule has 0 bridgehead atoms. The lowest BCUT2D eigenvalue weighted by Gasteiger charge is -2.27. The normalized spacial score (nSPS) is 13.2. The number of nitrogens with two attached hydrogens (primary N) is 1. The third kappa shape index (κ3) is 3.56. The highest BCUT2D eigenvalue weighted by atomic mass is 79.9. The summed E-state index contributed by atoms with van der Waals surface area (Å²) in [6.07, 6.45) is 1.82. The van der Waals surface area contributed by atoms with Gasteiger partial charge in [0.15, 0.2) is 0 Å². The van der Waals surface area contributed by atoms with Crippen LogP contribution in [-0.2, 0) is 0 Å². The first kappa shape index (κ1) is 13.9. The molecule has 80 valence electrons. The van der Waals surface area contributed by atoms with Crippen LogP contribution < -0.4 is 5.73 Å². The van der Waals surface area contributed by atoms with Gasteiger partial charge in [-0.05, 0) is 33.0 Å². The fraction of sp³-hybridized carbons (Fsp3) is 0.500. The van der Waals surface area contributed by atoms with Gasteiger partial charge in [0.25, 0.3) is 0 Å². The molecule has 1 rings (SSSR count). The molecule has 0 fully saturated rings. The van der Waals surface area contributed by atoms with Crippen molar-refractivity contribution in [3.63, 3.8) is 0 Å². The number of hydrogen-bond donors (Lipinski definition) is 1. The second-order valence-corrected chi connectivity index (χ2v) is 5.07. The van der Waals surface area contributed by atoms with Crippen molar-refractivity contribution in [1.82, 2.24) is 4.98 Å². The van der Waals surface area contributed by atoms with Crippen molar-refractivity contribution in [2.24, 2.45) is 11.1 Å². The smallest absolute Gasteiger partial charge is 0.106 e. The number of nitrogens with zero attached hydrogens (tertiary/aromatic N) is 1. The van der Waals surface area contributed by atoms with Gasteiger partial charge in [0.05, 0.1) is 0 Å². The summed E-state index contributed by atoms with van der Waals surface area (Å²) in [7, 11) is 0. The van der Waals surface area contributed by atoms with Crippen molar-refractivity contribution < 1.29 is 0 Å². The Morgan fingerprint density at radius 2 is 1.93 bits per heavy atom. The highest BCUT2D eigenvalue weighted by molar-refractivity contribution is 9.10. The molecule has 0 radical (unpaired) electrons. The van der Waals surface area contributed by atoms with Gasteiger partial charge in [0, 0.05) is 12.2 Å². The van der Waals surface area contributed by atoms with Gasteiger partial charge in [-0.1, -0.05) is 26.8 Å². The molecule has 0 saturated heterocycles. The molecule has 0 spiro atoms. The Bertz CT molecular complexity index is 279. The van der Waals surface area contributed by atoms with E-state index in [4.69, 9.17) is 5.73 Å². The Kier molecular flexibility index (Phi) is 5.06. The summed E-state index contributed by atoms with van der Waals surface area (Å²) in [4.78, 5) is 4.15. The molecule has 2 nitrogen and oxygen atoms in total. The summed E-state index contributed by atoms with van der Waals surface area (Å²) < 4.78 is 0.845. The van der Waals surface area contributed by atoms with E-state index in [2.05, 4.69) is 41.7 Å². The molecule has 1 aromatic heterocycles. The maximum atomic E-state index is 6.07. The lowest BCUT2D eigenvalue weighted by atomic mass is 9.84. The van der Waals surface area contributed by atoms with Gasteiger partial charge in [-0.25, -0.2) is 4.98 Å². The average Bonchev–Trinajstić information content (AvgIpc) is 2.03. The topological polar surface area (TPSA) is 38.9 Å². The van der Waals surface area contributed by atoms with Crippen LogP contribution in [0.4, 0.5) is 0 Å². The third-order valence-electron chi connectivity index (χ3n) is 2.04. The summed E-state index contributed by atoms with van der Waals surface area (Å²) in [5.74, 6) is 0. The molecule has 2 N–H and O–H groups in total. The number of halogens is 2. The molecule has 0 unspecified atom stereocenters. The molecule has 14 heavy (non-hydrogen) atoms. The van der Waals surface area contributed by atoms with E-state index in [1.54, 1.807) is 0 Å². The lowest BCUT2D eigenvalue weighted by molar-refractivity contribution is 0.326. The van der Waals surface area contributed by atoms with Gasteiger partial charge < -0.3 is 5.73 Å². The summed E-state index contributed by atoms with van der Waals surface area (Å²) in [6, 6.07) is 3.96. The summed E-state index contributed by atoms with van der Waals surface area (Å²) >= 11 is 3.29. The average molecular weight is 280 g/mol. The number of hydrogen-bond acceptors (Lipinski definition) is 2. The van der Waals surface area contributed by atoms with E-state index in [1.807, 2.05) is 18.3 Å². The number of pyridine rings is 1. The zero-order valence-electron chi connectivity index (χ0n) is 8.62. The minimum absolute atomic E-state index is 0. The van der Waals surface area contributed by atoms with Gasteiger partial charge in [-0.2, -0.15) is 0 Å². The van der Waals surface area contributed by atoms with Gasteiger partial charge in [0.2, 0.25) is 0 Å². The molecule has 1 aromatic rings. The van der Waals surface area contributed by atoms with Crippen molar-refractivity contribution in [3.05, 3.63) is 28.5 Å². The SMILES string of the molecule is CC(C)(C)[C@@H](N)c1ccc(Br)nc1.Cl. The molecule has 0 aliphatic rings. The minimum atomic E-state index is 0. The van der Waals surface area contributed by atoms with E-state index >= 15 is 0 Å². The van der Waals surface area contributed by atoms with Crippen molar-refractivity contribution in [1.29, 1.82) is 0 Å². The second-order valence-electron chi connectivity index (χ2n) is 4.26. The molecule has 0 aliphatic heterocycles. The van der Waals surface area contributed by atoms with Gasteiger partial charge >= 0.3 is 0 Å². The number of rotatable bonds is 1. The summed E-state index contributed by atoms with van der Waals surface area (Å²) in [5, 5.41) is 0. The van der Waals surface area contributed by atoms with E-state index in [9.17, 15) is 0 Å². The predicted molar refractivity (Wildman–Crippen MR) is 65.6 cm³/mol. The zero-order valence-corrected chi connectivity index (χ0v) is 11.0. The first-order valence-electron chi connectivity index (χ1n) is 4.28. The van der Waals surface area contributed by atoms with Crippen LogP contribution in [-0.4, -0.2) is 4.98 Å². The van der Waals surface area contributed by atoms with E-state index in [0.717, 1.165) is 10.2 Å². The third-order valence-corrected chi connectivity index (χ3v) is 2.51. The van der Waals surface area contributed by atoms with E-state index < -0.39 is 0 Å². The standard InChI is InChI=1S/C10H15BrN2.ClH/c1-10(2,3)9(12)7-4-5-8(11)13-6-7;/h4-6,9H,12H2,1-3H3;1H/t9-;/m0./s1. The van der Waals surface area contributed by atoms with E-state index in [-0.39, 0.29) is 23.9 Å². The van der Waals surface area contributed by atoms with Crippen molar-refractivity contribution in [2.75, 3.05) is 0 Å². The fourth-order valence-corrected chi connectivity index (χ4v) is 1.31. The molecule has 1 atom stereocenters. The fourth-order valence-electron chi connectivity index (χ4n) is 1.07. The van der Waals surface area contributed by atoms with Crippen molar-refractivity contribution >= 4 is 28.3 Å². The molecule has 0 saturated carbocycles. The van der Waals surface area contributed by atoms with Gasteiger partial charge in [0.1, 0.15) is 4.60 Å². The summed E-state index contributed by atoms with van der Waals surface area (Å²) in [6.45, 7) is 6.37. The van der Waals surface area contributed by atoms with Crippen LogP contribution in [0, 0.1) is 5.41 Å². The van der Waals surface area contributed by atoms with E-state index in [0.29, 0.717) is 0 Å². The molecule has 4 heteroatoms. The van der Waals surface area contributed by atoms with Crippen molar-refractivity contribution in [2.45, 2.75) is 26.8 Å². The molecular weight excluding hydrogens is 263 g/mol. The molecule has 0 aromatic carbocycles. The molecule has 0 aliphatic carbocycles. The van der Waals surface area contributed by atoms with Crippen LogP contribution in [0.3, 0.4) is 0 Å². The Balaban J connectivity index is 0.00000169. The Morgan fingerprint density at radius 1 is 1.36 bits per heavy atom. The molecule has 0 amide bonds. The maximum Gasteiger partial charge on any atom is 0.106 e. The van der Waals surface area contributed by atoms with Gasteiger partial charge in [-0.15, -0.1) is 12.4 Å². The van der Waals surface area contributed by atoms with Crippen LogP contribution in [0.5, 0.6) is 0 Å². The summed E-state index contributed by atoms with van der Waals surface area (Å²) in [5.41, 5.74) is 7.23. The highest BCUT2D eigenvalue weighted by Gasteiger charge is 2.22. The lowest BCUT2D eigenvalue weighted by Crippen LogP contribution is -2.26. The first-order chi connectivity index (χ1) is 5.91. The largest absolute Gasteiger partial charge is 0.323 e. The molecular formula is C10H16BrClN2. The first-order valence-corrected chi connectivity index (χ1v) is 5.07. The Hall–Kier alpha value is -0.120. The highest BCUT2D eigenvalue weighted by Crippen LogP contribution is 2.30. The second kappa shape index (κ2) is 5.10. The van der Waals surface area contributed by atoms with Crippen LogP contribution in [0.1, 0.15) is 32.4 Å². The van der Waals surface area contributed by atoms with Crippen LogP contribution >= 0.6 is 28.3 Å². The van der Waals surface area contributed by atoms with Crippen molar-refractivity contribution in [3.8, 4) is 0 Å². The Morgan fingerprint density at radius 3 is 2.29 bits per heavy atom. The maximum absolute atomic E-state index is 6.07. The minimum Gasteiger partial charge on any atom is -0.323 e. The predicted octanol–water partition coefficient (Wildman–Crippen LogP) is 3.31. The van der Waals surface area contributed by atoms with Crippen LogP contribution in [0.15, 0.2) is 22.9 Å². The van der Waals surface area contributed by atoms with Crippen LogP contribution in [0.25, 0.3) is 0 Å². The van der Waals surface area contributed by atoms with E-state index in [1.165, 1.54) is 0 Å². The zero-order chi connectivity index (χ0) is 10.1. The Labute approximate surface area is 99.8 Å². The number of aromatic nitrogens is 1. The van der Waals surface area contributed by atoms with Gasteiger partial charge in [-0.3, -0.25) is 0 Å². The monoisotopic (exact) mass is 278 g/mol. The van der Waals surface area contributed by atoms with Crippen LogP contribution in [0.2, 0.25) is 0 Å².